The largest absolute Gasteiger partial charge is 0.336 e. The smallest absolute Gasteiger partial charge is 0.320 e. The Labute approximate surface area is 152 Å². The Kier molecular flexibility index (Phi) is 4.67. The van der Waals surface area contributed by atoms with Crippen LogP contribution >= 0.6 is 0 Å². The summed E-state index contributed by atoms with van der Waals surface area (Å²) in [6.07, 6.45) is 2.01. The predicted molar refractivity (Wildman–Crippen MR) is 97.7 cm³/mol. The second-order valence-electron chi connectivity index (χ2n) is 6.84. The molecule has 3 heterocycles. The van der Waals surface area contributed by atoms with Crippen molar-refractivity contribution in [2.45, 2.75) is 39.3 Å². The van der Waals surface area contributed by atoms with E-state index in [1.165, 1.54) is 0 Å². The summed E-state index contributed by atoms with van der Waals surface area (Å²) < 4.78 is 1.77. The predicted octanol–water partition coefficient (Wildman–Crippen LogP) is 1.83. The summed E-state index contributed by atoms with van der Waals surface area (Å²) in [5, 5.41) is 9.94. The molecule has 1 aliphatic heterocycles. The van der Waals surface area contributed by atoms with E-state index in [1.807, 2.05) is 33.9 Å². The molecule has 1 aliphatic rings. The van der Waals surface area contributed by atoms with E-state index in [9.17, 15) is 9.59 Å². The van der Waals surface area contributed by atoms with Crippen LogP contribution in [0.25, 0.3) is 0 Å². The van der Waals surface area contributed by atoms with E-state index in [4.69, 9.17) is 0 Å². The Hall–Kier alpha value is -2.90. The van der Waals surface area contributed by atoms with Crippen LogP contribution in [-0.4, -0.2) is 44.7 Å². The van der Waals surface area contributed by atoms with Gasteiger partial charge in [0.15, 0.2) is 0 Å². The van der Waals surface area contributed by atoms with E-state index >= 15 is 0 Å². The first-order chi connectivity index (χ1) is 12.3. The standard InChI is InChI=1S/C18H24N6O2/c1-10-6-11(2)20-15(7-10)22-18(26)21-14-8-16(25)23(4)17(14)13-9-19-24(5)12(13)3/h6-7,9,14,17H,8H2,1-5H3,(H2,20,21,22,26)/t14-,17+/m0/s1. The number of urea groups is 1. The number of carbonyl (C=O) groups is 2. The number of aromatic nitrogens is 3. The molecule has 3 rings (SSSR count). The number of amides is 3. The summed E-state index contributed by atoms with van der Waals surface area (Å²) in [4.78, 5) is 30.7. The lowest BCUT2D eigenvalue weighted by molar-refractivity contribution is -0.127. The minimum Gasteiger partial charge on any atom is -0.336 e. The zero-order valence-corrected chi connectivity index (χ0v) is 15.7. The van der Waals surface area contributed by atoms with Gasteiger partial charge in [0.05, 0.1) is 18.3 Å². The van der Waals surface area contributed by atoms with Crippen molar-refractivity contribution in [3.8, 4) is 0 Å². The van der Waals surface area contributed by atoms with Crippen molar-refractivity contribution in [2.75, 3.05) is 12.4 Å². The number of hydrogen-bond acceptors (Lipinski definition) is 4. The van der Waals surface area contributed by atoms with E-state index in [0.717, 1.165) is 22.5 Å². The summed E-state index contributed by atoms with van der Waals surface area (Å²) in [6, 6.07) is 2.80. The van der Waals surface area contributed by atoms with E-state index in [0.29, 0.717) is 5.82 Å². The molecule has 3 amide bonds. The minimum absolute atomic E-state index is 0.00641. The molecule has 0 spiro atoms. The number of nitrogens with one attached hydrogen (secondary N) is 2. The van der Waals surface area contributed by atoms with Gasteiger partial charge in [0, 0.05) is 37.5 Å². The van der Waals surface area contributed by atoms with Crippen LogP contribution in [-0.2, 0) is 11.8 Å². The fourth-order valence-electron chi connectivity index (χ4n) is 3.46. The summed E-state index contributed by atoms with van der Waals surface area (Å²) in [5.41, 5.74) is 3.77. The van der Waals surface area contributed by atoms with Crippen molar-refractivity contribution in [2.24, 2.45) is 7.05 Å². The van der Waals surface area contributed by atoms with Crippen LogP contribution in [0, 0.1) is 20.8 Å². The first-order valence-electron chi connectivity index (χ1n) is 8.53. The van der Waals surface area contributed by atoms with Crippen LogP contribution in [0.3, 0.4) is 0 Å². The van der Waals surface area contributed by atoms with Gasteiger partial charge < -0.3 is 10.2 Å². The van der Waals surface area contributed by atoms with Crippen molar-refractivity contribution < 1.29 is 9.59 Å². The zero-order chi connectivity index (χ0) is 19.0. The Balaban J connectivity index is 1.77. The molecule has 0 radical (unpaired) electrons. The molecule has 0 bridgehead atoms. The molecule has 2 atom stereocenters. The van der Waals surface area contributed by atoms with Gasteiger partial charge in [-0.05, 0) is 38.5 Å². The third-order valence-corrected chi connectivity index (χ3v) is 4.83. The molecule has 0 aliphatic carbocycles. The molecule has 26 heavy (non-hydrogen) atoms. The van der Waals surface area contributed by atoms with E-state index in [2.05, 4.69) is 20.7 Å². The van der Waals surface area contributed by atoms with Crippen molar-refractivity contribution in [3.05, 3.63) is 40.8 Å². The maximum atomic E-state index is 12.5. The molecule has 0 unspecified atom stereocenters. The Morgan fingerprint density at radius 2 is 1.96 bits per heavy atom. The number of nitrogens with zero attached hydrogens (tertiary/aromatic N) is 4. The monoisotopic (exact) mass is 356 g/mol. The number of aryl methyl sites for hydroxylation is 3. The number of hydrogen-bond donors (Lipinski definition) is 2. The van der Waals surface area contributed by atoms with E-state index in [1.54, 1.807) is 28.9 Å². The highest BCUT2D eigenvalue weighted by Crippen LogP contribution is 2.33. The van der Waals surface area contributed by atoms with Gasteiger partial charge >= 0.3 is 6.03 Å². The molecule has 1 fully saturated rings. The molecule has 0 saturated carbocycles. The first-order valence-corrected chi connectivity index (χ1v) is 8.53. The van der Waals surface area contributed by atoms with E-state index < -0.39 is 0 Å². The molecule has 0 aromatic carbocycles. The van der Waals surface area contributed by atoms with Crippen molar-refractivity contribution in [1.29, 1.82) is 0 Å². The molecule has 8 nitrogen and oxygen atoms in total. The number of pyridine rings is 1. The highest BCUT2D eigenvalue weighted by Gasteiger charge is 2.40. The summed E-state index contributed by atoms with van der Waals surface area (Å²) in [5.74, 6) is 0.486. The first kappa shape index (κ1) is 17.9. The average molecular weight is 356 g/mol. The third-order valence-electron chi connectivity index (χ3n) is 4.83. The van der Waals surface area contributed by atoms with Crippen LogP contribution in [0.5, 0.6) is 0 Å². The SMILES string of the molecule is Cc1cc(C)nc(NC(=O)N[C@H]2CC(=O)N(C)[C@@H]2c2cnn(C)c2C)c1. The van der Waals surface area contributed by atoms with Gasteiger partial charge in [0.2, 0.25) is 5.91 Å². The lowest BCUT2D eigenvalue weighted by atomic mass is 10.0. The second-order valence-corrected chi connectivity index (χ2v) is 6.84. The maximum absolute atomic E-state index is 12.5. The molecule has 138 valence electrons. The van der Waals surface area contributed by atoms with Crippen LogP contribution in [0.2, 0.25) is 0 Å². The van der Waals surface area contributed by atoms with Crippen molar-refractivity contribution in [1.82, 2.24) is 25.0 Å². The molecule has 2 aromatic heterocycles. The number of rotatable bonds is 3. The second kappa shape index (κ2) is 6.78. The maximum Gasteiger partial charge on any atom is 0.320 e. The third kappa shape index (κ3) is 3.40. The minimum atomic E-state index is -0.373. The Morgan fingerprint density at radius 1 is 1.23 bits per heavy atom. The molecule has 2 N–H and O–H groups in total. The number of carbonyl (C=O) groups excluding carboxylic acids is 2. The number of likely N-dealkylation sites (tertiary alicyclic amines) is 1. The summed E-state index contributed by atoms with van der Waals surface area (Å²) in [7, 11) is 3.61. The van der Waals surface area contributed by atoms with E-state index in [-0.39, 0.29) is 30.4 Å². The topological polar surface area (TPSA) is 92.2 Å². The van der Waals surface area contributed by atoms with Gasteiger partial charge in [-0.3, -0.25) is 14.8 Å². The van der Waals surface area contributed by atoms with Gasteiger partial charge in [-0.15, -0.1) is 0 Å². The highest BCUT2D eigenvalue weighted by molar-refractivity contribution is 5.90. The quantitative estimate of drug-likeness (QED) is 0.878. The van der Waals surface area contributed by atoms with Crippen molar-refractivity contribution in [3.63, 3.8) is 0 Å². The summed E-state index contributed by atoms with van der Waals surface area (Å²) >= 11 is 0. The molecular formula is C18H24N6O2. The van der Waals surface area contributed by atoms with Gasteiger partial charge in [-0.1, -0.05) is 0 Å². The van der Waals surface area contributed by atoms with Gasteiger partial charge in [0.1, 0.15) is 5.82 Å². The summed E-state index contributed by atoms with van der Waals surface area (Å²) in [6.45, 7) is 5.78. The molecule has 1 saturated heterocycles. The highest BCUT2D eigenvalue weighted by atomic mass is 16.2. The van der Waals surface area contributed by atoms with Crippen LogP contribution in [0.4, 0.5) is 10.6 Å². The average Bonchev–Trinajstić information content (AvgIpc) is 2.99. The lowest BCUT2D eigenvalue weighted by Crippen LogP contribution is -2.41. The zero-order valence-electron chi connectivity index (χ0n) is 15.7. The lowest BCUT2D eigenvalue weighted by Gasteiger charge is -2.25. The Bertz CT molecular complexity index is 839. The molecule has 2 aromatic rings. The van der Waals surface area contributed by atoms with Gasteiger partial charge in [-0.25, -0.2) is 9.78 Å². The fraction of sp³-hybridized carbons (Fsp3) is 0.444. The fourth-order valence-corrected chi connectivity index (χ4v) is 3.46. The van der Waals surface area contributed by atoms with Crippen LogP contribution in [0.1, 0.15) is 35.0 Å². The van der Waals surface area contributed by atoms with Crippen LogP contribution in [0.15, 0.2) is 18.3 Å². The van der Waals surface area contributed by atoms with Gasteiger partial charge in [0.25, 0.3) is 0 Å². The van der Waals surface area contributed by atoms with Gasteiger partial charge in [-0.2, -0.15) is 5.10 Å². The Morgan fingerprint density at radius 3 is 2.58 bits per heavy atom. The van der Waals surface area contributed by atoms with Crippen LogP contribution < -0.4 is 10.6 Å². The number of anilines is 1. The van der Waals surface area contributed by atoms with Crippen molar-refractivity contribution >= 4 is 17.8 Å². The number of likely N-dealkylation sites (N-methyl/N-ethyl adjacent to an activating group) is 1. The molecule has 8 heteroatoms. The normalized spacial score (nSPS) is 19.7. The molecular weight excluding hydrogens is 332 g/mol.